The van der Waals surface area contributed by atoms with Gasteiger partial charge in [0.15, 0.2) is 0 Å². The number of likely N-dealkylation sites (tertiary alicyclic amines) is 1. The molecule has 0 radical (unpaired) electrons. The Morgan fingerprint density at radius 1 is 1.23 bits per heavy atom. The summed E-state index contributed by atoms with van der Waals surface area (Å²) in [5.41, 5.74) is 0. The van der Waals surface area contributed by atoms with Crippen LogP contribution in [0.5, 0.6) is 0 Å². The van der Waals surface area contributed by atoms with Crippen molar-refractivity contribution in [1.82, 2.24) is 14.5 Å². The third-order valence-corrected chi connectivity index (χ3v) is 5.98. The van der Waals surface area contributed by atoms with Crippen molar-refractivity contribution in [3.8, 4) is 0 Å². The molecule has 3 rings (SSSR count). The monoisotopic (exact) mass is 305 g/mol. The van der Waals surface area contributed by atoms with Gasteiger partial charge in [-0.15, -0.1) is 0 Å². The second kappa shape index (κ2) is 7.14. The summed E-state index contributed by atoms with van der Waals surface area (Å²) in [5, 5.41) is 10.6. The van der Waals surface area contributed by atoms with Crippen molar-refractivity contribution >= 4 is 0 Å². The number of aliphatic hydroxyl groups is 1. The summed E-state index contributed by atoms with van der Waals surface area (Å²) >= 11 is 0. The van der Waals surface area contributed by atoms with Crippen molar-refractivity contribution in [3.63, 3.8) is 0 Å². The average Bonchev–Trinajstić information content (AvgIpc) is 2.96. The molecular weight excluding hydrogens is 274 g/mol. The second-order valence-electron chi connectivity index (χ2n) is 7.50. The zero-order chi connectivity index (χ0) is 15.5. The van der Waals surface area contributed by atoms with E-state index in [1.54, 1.807) is 6.20 Å². The topological polar surface area (TPSA) is 41.3 Å². The molecule has 1 saturated heterocycles. The summed E-state index contributed by atoms with van der Waals surface area (Å²) in [7, 11) is 1.96. The van der Waals surface area contributed by atoms with Gasteiger partial charge in [0, 0.05) is 26.0 Å². The Balaban J connectivity index is 1.49. The molecular formula is C18H31N3O. The van der Waals surface area contributed by atoms with Gasteiger partial charge in [-0.1, -0.05) is 26.2 Å². The Kier molecular flexibility index (Phi) is 5.19. The van der Waals surface area contributed by atoms with Crippen LogP contribution in [0.1, 0.15) is 57.4 Å². The van der Waals surface area contributed by atoms with E-state index in [9.17, 15) is 5.11 Å². The summed E-state index contributed by atoms with van der Waals surface area (Å²) in [6.07, 6.45) is 11.1. The molecule has 1 aromatic rings. The first-order chi connectivity index (χ1) is 10.6. The number of nitrogens with zero attached hydrogens (tertiary/aromatic N) is 3. The maximum atomic E-state index is 10.6. The molecule has 124 valence electrons. The third kappa shape index (κ3) is 3.54. The minimum atomic E-state index is -0.407. The van der Waals surface area contributed by atoms with Crippen LogP contribution in [0, 0.1) is 17.8 Å². The number of aromatic nitrogens is 2. The molecule has 1 aliphatic heterocycles. The zero-order valence-electron chi connectivity index (χ0n) is 14.1. The highest BCUT2D eigenvalue weighted by molar-refractivity contribution is 4.98. The first-order valence-corrected chi connectivity index (χ1v) is 9.02. The molecule has 2 heterocycles. The minimum absolute atomic E-state index is 0.362. The van der Waals surface area contributed by atoms with E-state index in [0.29, 0.717) is 5.92 Å². The van der Waals surface area contributed by atoms with Crippen molar-refractivity contribution in [2.75, 3.05) is 19.6 Å². The molecule has 1 saturated carbocycles. The third-order valence-electron chi connectivity index (χ3n) is 5.98. The first kappa shape index (κ1) is 16.0. The molecule has 3 atom stereocenters. The predicted octanol–water partition coefficient (Wildman–Crippen LogP) is 2.99. The van der Waals surface area contributed by atoms with Gasteiger partial charge < -0.3 is 14.6 Å². The number of rotatable bonds is 4. The number of hydrogen-bond donors (Lipinski definition) is 1. The van der Waals surface area contributed by atoms with E-state index in [2.05, 4.69) is 16.8 Å². The molecule has 4 heteroatoms. The van der Waals surface area contributed by atoms with Crippen LogP contribution >= 0.6 is 0 Å². The van der Waals surface area contributed by atoms with Crippen LogP contribution in [0.2, 0.25) is 0 Å². The van der Waals surface area contributed by atoms with Crippen LogP contribution in [0.15, 0.2) is 12.4 Å². The predicted molar refractivity (Wildman–Crippen MR) is 88.5 cm³/mol. The fraction of sp³-hybridized carbons (Fsp3) is 0.833. The number of piperidine rings is 1. The molecule has 22 heavy (non-hydrogen) atoms. The Hall–Kier alpha value is -0.870. The Bertz CT molecular complexity index is 465. The summed E-state index contributed by atoms with van der Waals surface area (Å²) in [5.74, 6) is 2.97. The molecule has 0 bridgehead atoms. The number of aryl methyl sites for hydroxylation is 1. The van der Waals surface area contributed by atoms with E-state index in [4.69, 9.17) is 0 Å². The summed E-state index contributed by atoms with van der Waals surface area (Å²) in [4.78, 5) is 6.95. The van der Waals surface area contributed by atoms with Gasteiger partial charge in [0.25, 0.3) is 0 Å². The highest BCUT2D eigenvalue weighted by atomic mass is 16.3. The van der Waals surface area contributed by atoms with Gasteiger partial charge in [0.1, 0.15) is 11.9 Å². The maximum Gasteiger partial charge on any atom is 0.137 e. The van der Waals surface area contributed by atoms with Gasteiger partial charge in [-0.3, -0.25) is 0 Å². The largest absolute Gasteiger partial charge is 0.385 e. The molecule has 1 aliphatic carbocycles. The van der Waals surface area contributed by atoms with Gasteiger partial charge in [0.05, 0.1) is 0 Å². The van der Waals surface area contributed by atoms with Crippen LogP contribution in [0.4, 0.5) is 0 Å². The average molecular weight is 305 g/mol. The van der Waals surface area contributed by atoms with Crippen molar-refractivity contribution in [2.45, 2.75) is 51.6 Å². The van der Waals surface area contributed by atoms with E-state index in [0.717, 1.165) is 43.6 Å². The lowest BCUT2D eigenvalue weighted by Gasteiger charge is -2.38. The molecule has 1 N–H and O–H groups in total. The molecule has 1 aromatic heterocycles. The van der Waals surface area contributed by atoms with E-state index in [-0.39, 0.29) is 0 Å². The quantitative estimate of drug-likeness (QED) is 0.930. The lowest BCUT2D eigenvalue weighted by Crippen LogP contribution is -2.40. The molecule has 2 aliphatic rings. The lowest BCUT2D eigenvalue weighted by atomic mass is 9.79. The number of imidazole rings is 1. The van der Waals surface area contributed by atoms with Crippen LogP contribution in [0.25, 0.3) is 0 Å². The van der Waals surface area contributed by atoms with Crippen LogP contribution in [-0.2, 0) is 7.05 Å². The number of hydrogen-bond acceptors (Lipinski definition) is 3. The Morgan fingerprint density at radius 2 is 1.95 bits per heavy atom. The van der Waals surface area contributed by atoms with Gasteiger partial charge in [-0.25, -0.2) is 4.98 Å². The highest BCUT2D eigenvalue weighted by Gasteiger charge is 2.30. The summed E-state index contributed by atoms with van der Waals surface area (Å²) in [6, 6.07) is 0. The van der Waals surface area contributed by atoms with Crippen molar-refractivity contribution in [1.29, 1.82) is 0 Å². The molecule has 0 aromatic carbocycles. The molecule has 0 unspecified atom stereocenters. The van der Waals surface area contributed by atoms with Crippen LogP contribution in [0.3, 0.4) is 0 Å². The second-order valence-corrected chi connectivity index (χ2v) is 7.50. The van der Waals surface area contributed by atoms with Crippen molar-refractivity contribution in [3.05, 3.63) is 18.2 Å². The maximum absolute atomic E-state index is 10.6. The molecule has 4 nitrogen and oxygen atoms in total. The van der Waals surface area contributed by atoms with Gasteiger partial charge in [-0.2, -0.15) is 0 Å². The summed E-state index contributed by atoms with van der Waals surface area (Å²) in [6.45, 7) is 5.97. The highest BCUT2D eigenvalue weighted by Crippen LogP contribution is 2.33. The van der Waals surface area contributed by atoms with Crippen molar-refractivity contribution in [2.24, 2.45) is 24.8 Å². The van der Waals surface area contributed by atoms with Gasteiger partial charge in [-0.05, 0) is 50.1 Å². The van der Waals surface area contributed by atoms with Gasteiger partial charge in [0.2, 0.25) is 0 Å². The van der Waals surface area contributed by atoms with E-state index in [1.807, 2.05) is 17.8 Å². The summed E-state index contributed by atoms with van der Waals surface area (Å²) < 4.78 is 1.95. The van der Waals surface area contributed by atoms with E-state index >= 15 is 0 Å². The fourth-order valence-corrected chi connectivity index (χ4v) is 4.32. The van der Waals surface area contributed by atoms with Crippen LogP contribution < -0.4 is 0 Å². The van der Waals surface area contributed by atoms with Gasteiger partial charge >= 0.3 is 0 Å². The molecule has 0 amide bonds. The van der Waals surface area contributed by atoms with Crippen molar-refractivity contribution < 1.29 is 5.11 Å². The SMILES string of the molecule is C[C@@H]1CCCC[C@H]1CN1CCC([C@H](O)c2nccn2C)CC1. The minimum Gasteiger partial charge on any atom is -0.385 e. The fourth-order valence-electron chi connectivity index (χ4n) is 4.32. The normalized spacial score (nSPS) is 29.6. The molecule has 2 fully saturated rings. The van der Waals surface area contributed by atoms with E-state index in [1.165, 1.54) is 32.2 Å². The van der Waals surface area contributed by atoms with E-state index < -0.39 is 6.10 Å². The molecule has 0 spiro atoms. The lowest BCUT2D eigenvalue weighted by molar-refractivity contribution is 0.0415. The zero-order valence-corrected chi connectivity index (χ0v) is 14.1. The standard InChI is InChI=1S/C18H31N3O/c1-14-5-3-4-6-16(14)13-21-10-7-15(8-11-21)17(22)18-19-9-12-20(18)2/h9,12,14-17,22H,3-8,10-11,13H2,1-2H3/t14-,16+,17+/m1/s1. The first-order valence-electron chi connectivity index (χ1n) is 9.02. The smallest absolute Gasteiger partial charge is 0.137 e. The Morgan fingerprint density at radius 3 is 2.59 bits per heavy atom. The van der Waals surface area contributed by atoms with Crippen LogP contribution in [-0.4, -0.2) is 39.2 Å². The Labute approximate surface area is 134 Å². The number of aliphatic hydroxyl groups excluding tert-OH is 1.